The average molecular weight is 358 g/mol. The predicted molar refractivity (Wildman–Crippen MR) is 98.4 cm³/mol. The molecule has 0 radical (unpaired) electrons. The summed E-state index contributed by atoms with van der Waals surface area (Å²) in [5, 5.41) is 3.25. The maximum absolute atomic E-state index is 5.74. The lowest BCUT2D eigenvalue weighted by Gasteiger charge is -2.34. The zero-order chi connectivity index (χ0) is 16.4. The molecule has 0 spiro atoms. The fourth-order valence-corrected chi connectivity index (χ4v) is 4.59. The van der Waals surface area contributed by atoms with Crippen LogP contribution in [0, 0.1) is 6.92 Å². The summed E-state index contributed by atoms with van der Waals surface area (Å²) < 4.78 is 5.74. The molecular weight excluding hydrogens is 338 g/mol. The lowest BCUT2D eigenvalue weighted by Crippen LogP contribution is -2.39. The van der Waals surface area contributed by atoms with E-state index < -0.39 is 0 Å². The van der Waals surface area contributed by atoms with Crippen LogP contribution in [-0.4, -0.2) is 34.6 Å². The van der Waals surface area contributed by atoms with Crippen LogP contribution in [0.5, 0.6) is 0 Å². The van der Waals surface area contributed by atoms with Crippen molar-refractivity contribution in [1.29, 1.82) is 0 Å². The molecule has 24 heavy (non-hydrogen) atoms. The molecule has 2 aromatic heterocycles. The van der Waals surface area contributed by atoms with E-state index in [0.29, 0.717) is 6.61 Å². The Morgan fingerprint density at radius 3 is 2.92 bits per heavy atom. The number of aryl methyl sites for hydroxylation is 1. The standard InChI is InChI=1S/C18H19N3OS2/c1-13-17(24-12-19-13)9-21-7-8-22-10-16(21)15-11-23-18(20-15)14-5-3-2-4-6-14/h2-6,11-12,16H,7-10H2,1H3. The molecule has 3 heterocycles. The van der Waals surface area contributed by atoms with E-state index in [2.05, 4.69) is 46.5 Å². The molecule has 1 atom stereocenters. The fourth-order valence-electron chi connectivity index (χ4n) is 2.91. The molecule has 4 nitrogen and oxygen atoms in total. The second-order valence-electron chi connectivity index (χ2n) is 5.87. The van der Waals surface area contributed by atoms with Crippen molar-refractivity contribution >= 4 is 22.7 Å². The Hall–Kier alpha value is -1.60. The van der Waals surface area contributed by atoms with E-state index in [1.165, 1.54) is 10.4 Å². The first kappa shape index (κ1) is 15.9. The van der Waals surface area contributed by atoms with Crippen molar-refractivity contribution in [3.05, 3.63) is 57.5 Å². The number of hydrogen-bond donors (Lipinski definition) is 0. The largest absolute Gasteiger partial charge is 0.378 e. The Morgan fingerprint density at radius 2 is 2.12 bits per heavy atom. The van der Waals surface area contributed by atoms with Gasteiger partial charge in [0.2, 0.25) is 0 Å². The highest BCUT2D eigenvalue weighted by Crippen LogP contribution is 2.31. The molecule has 0 bridgehead atoms. The van der Waals surface area contributed by atoms with Crippen molar-refractivity contribution in [2.75, 3.05) is 19.8 Å². The van der Waals surface area contributed by atoms with Crippen LogP contribution in [0.25, 0.3) is 10.6 Å². The second kappa shape index (κ2) is 7.11. The van der Waals surface area contributed by atoms with Gasteiger partial charge >= 0.3 is 0 Å². The van der Waals surface area contributed by atoms with E-state index in [1.54, 1.807) is 22.7 Å². The summed E-state index contributed by atoms with van der Waals surface area (Å²) in [5.74, 6) is 0. The van der Waals surface area contributed by atoms with Gasteiger partial charge in [-0.25, -0.2) is 9.97 Å². The Balaban J connectivity index is 1.57. The summed E-state index contributed by atoms with van der Waals surface area (Å²) in [5.41, 5.74) is 5.35. The zero-order valence-electron chi connectivity index (χ0n) is 13.5. The highest BCUT2D eigenvalue weighted by atomic mass is 32.1. The van der Waals surface area contributed by atoms with Crippen molar-refractivity contribution in [1.82, 2.24) is 14.9 Å². The number of morpholine rings is 1. The van der Waals surface area contributed by atoms with Gasteiger partial charge in [0.15, 0.2) is 0 Å². The maximum Gasteiger partial charge on any atom is 0.123 e. The van der Waals surface area contributed by atoms with E-state index in [4.69, 9.17) is 9.72 Å². The van der Waals surface area contributed by atoms with Crippen LogP contribution in [0.3, 0.4) is 0 Å². The van der Waals surface area contributed by atoms with E-state index >= 15 is 0 Å². The summed E-state index contributed by atoms with van der Waals surface area (Å²) in [6.07, 6.45) is 0. The average Bonchev–Trinajstić information content (AvgIpc) is 3.26. The molecule has 0 N–H and O–H groups in total. The number of benzene rings is 1. The van der Waals surface area contributed by atoms with Crippen molar-refractivity contribution in [2.24, 2.45) is 0 Å². The van der Waals surface area contributed by atoms with E-state index in [0.717, 1.165) is 36.1 Å². The number of rotatable bonds is 4. The Bertz CT molecular complexity index is 799. The molecule has 1 aliphatic rings. The van der Waals surface area contributed by atoms with Crippen molar-refractivity contribution in [3.8, 4) is 10.6 Å². The van der Waals surface area contributed by atoms with E-state index in [1.807, 2.05) is 11.6 Å². The first-order valence-corrected chi connectivity index (χ1v) is 9.79. The molecule has 1 saturated heterocycles. The molecule has 1 aliphatic heterocycles. The highest BCUT2D eigenvalue weighted by Gasteiger charge is 2.27. The van der Waals surface area contributed by atoms with Crippen LogP contribution in [-0.2, 0) is 11.3 Å². The third kappa shape index (κ3) is 3.28. The van der Waals surface area contributed by atoms with Gasteiger partial charge in [-0.05, 0) is 6.92 Å². The van der Waals surface area contributed by atoms with Crippen LogP contribution in [0.2, 0.25) is 0 Å². The van der Waals surface area contributed by atoms with Gasteiger partial charge in [0.25, 0.3) is 0 Å². The topological polar surface area (TPSA) is 38.2 Å². The summed E-state index contributed by atoms with van der Waals surface area (Å²) >= 11 is 3.44. The van der Waals surface area contributed by atoms with Gasteiger partial charge in [-0.15, -0.1) is 22.7 Å². The smallest absolute Gasteiger partial charge is 0.123 e. The number of ether oxygens (including phenoxy) is 1. The van der Waals surface area contributed by atoms with E-state index in [-0.39, 0.29) is 6.04 Å². The van der Waals surface area contributed by atoms with Crippen LogP contribution in [0.1, 0.15) is 22.3 Å². The van der Waals surface area contributed by atoms with Gasteiger partial charge in [-0.2, -0.15) is 0 Å². The molecule has 0 amide bonds. The normalized spacial score (nSPS) is 18.8. The lowest BCUT2D eigenvalue weighted by atomic mass is 10.1. The van der Waals surface area contributed by atoms with Crippen LogP contribution in [0.15, 0.2) is 41.2 Å². The summed E-state index contributed by atoms with van der Waals surface area (Å²) in [6.45, 7) is 5.42. The van der Waals surface area contributed by atoms with E-state index in [9.17, 15) is 0 Å². The zero-order valence-corrected chi connectivity index (χ0v) is 15.1. The Morgan fingerprint density at radius 1 is 1.25 bits per heavy atom. The Kier molecular flexibility index (Phi) is 4.71. The highest BCUT2D eigenvalue weighted by molar-refractivity contribution is 7.13. The SMILES string of the molecule is Cc1ncsc1CN1CCOCC1c1csc(-c2ccccc2)n1. The minimum atomic E-state index is 0.217. The summed E-state index contributed by atoms with van der Waals surface area (Å²) in [7, 11) is 0. The Labute approximate surface area is 149 Å². The predicted octanol–water partition coefficient (Wildman–Crippen LogP) is 4.15. The lowest BCUT2D eigenvalue weighted by molar-refractivity contribution is -0.0136. The second-order valence-corrected chi connectivity index (χ2v) is 7.66. The van der Waals surface area contributed by atoms with Crippen molar-refractivity contribution < 1.29 is 4.74 Å². The third-order valence-electron chi connectivity index (χ3n) is 4.31. The first-order valence-electron chi connectivity index (χ1n) is 8.03. The molecule has 4 rings (SSSR count). The molecule has 1 fully saturated rings. The molecule has 6 heteroatoms. The minimum Gasteiger partial charge on any atom is -0.378 e. The summed E-state index contributed by atoms with van der Waals surface area (Å²) in [4.78, 5) is 13.1. The molecule has 3 aromatic rings. The molecular formula is C18H19N3OS2. The van der Waals surface area contributed by atoms with Crippen LogP contribution < -0.4 is 0 Å². The fraction of sp³-hybridized carbons (Fsp3) is 0.333. The molecule has 124 valence electrons. The van der Waals surface area contributed by atoms with Crippen molar-refractivity contribution in [3.63, 3.8) is 0 Å². The number of aromatic nitrogens is 2. The van der Waals surface area contributed by atoms with Gasteiger partial charge < -0.3 is 4.74 Å². The number of hydrogen-bond acceptors (Lipinski definition) is 6. The first-order chi connectivity index (χ1) is 11.8. The number of nitrogens with zero attached hydrogens (tertiary/aromatic N) is 3. The third-order valence-corrected chi connectivity index (χ3v) is 6.14. The molecule has 0 saturated carbocycles. The molecule has 0 aliphatic carbocycles. The van der Waals surface area contributed by atoms with Crippen molar-refractivity contribution in [2.45, 2.75) is 19.5 Å². The number of thiazole rings is 2. The van der Waals surface area contributed by atoms with Gasteiger partial charge in [-0.1, -0.05) is 30.3 Å². The van der Waals surface area contributed by atoms with Gasteiger partial charge in [0, 0.05) is 28.9 Å². The quantitative estimate of drug-likeness (QED) is 0.703. The van der Waals surface area contributed by atoms with Crippen LogP contribution >= 0.6 is 22.7 Å². The van der Waals surface area contributed by atoms with Gasteiger partial charge in [0.05, 0.1) is 36.2 Å². The summed E-state index contributed by atoms with van der Waals surface area (Å²) in [6, 6.07) is 10.6. The minimum absolute atomic E-state index is 0.217. The monoisotopic (exact) mass is 357 g/mol. The van der Waals surface area contributed by atoms with Crippen LogP contribution in [0.4, 0.5) is 0 Å². The van der Waals surface area contributed by atoms with Gasteiger partial charge in [-0.3, -0.25) is 4.90 Å². The van der Waals surface area contributed by atoms with Gasteiger partial charge in [0.1, 0.15) is 5.01 Å². The molecule has 1 unspecified atom stereocenters. The maximum atomic E-state index is 5.74. The molecule has 1 aromatic carbocycles.